The van der Waals surface area contributed by atoms with E-state index in [4.69, 9.17) is 0 Å². The van der Waals surface area contributed by atoms with Gasteiger partial charge in [-0.3, -0.25) is 19.3 Å². The zero-order chi connectivity index (χ0) is 25.4. The average Bonchev–Trinajstić information content (AvgIpc) is 2.91. The van der Waals surface area contributed by atoms with Crippen LogP contribution in [0.4, 0.5) is 0 Å². The monoisotopic (exact) mass is 509 g/mol. The number of sulfone groups is 1. The Balaban J connectivity index is 1.22. The maximum atomic E-state index is 13.2. The van der Waals surface area contributed by atoms with E-state index in [0.717, 1.165) is 26.2 Å². The third-order valence-corrected chi connectivity index (χ3v) is 9.94. The molecule has 2 fully saturated rings. The van der Waals surface area contributed by atoms with E-state index in [1.54, 1.807) is 41.3 Å². The van der Waals surface area contributed by atoms with Crippen LogP contribution in [0.3, 0.4) is 0 Å². The van der Waals surface area contributed by atoms with E-state index in [0.29, 0.717) is 54.7 Å². The fraction of sp³-hybridized carbons (Fsp3) is 0.444. The summed E-state index contributed by atoms with van der Waals surface area (Å²) < 4.78 is 25.9. The number of ketones is 2. The number of nitrogens with zero attached hydrogens (tertiary/aromatic N) is 3. The van der Waals surface area contributed by atoms with E-state index >= 15 is 0 Å². The molecule has 0 unspecified atom stereocenters. The highest BCUT2D eigenvalue weighted by molar-refractivity contribution is 7.92. The van der Waals surface area contributed by atoms with Gasteiger partial charge in [0.05, 0.1) is 11.0 Å². The first-order valence-corrected chi connectivity index (χ1v) is 14.2. The minimum absolute atomic E-state index is 0.151. The third-order valence-electron chi connectivity index (χ3n) is 7.70. The van der Waals surface area contributed by atoms with Gasteiger partial charge in [0.1, 0.15) is 0 Å². The summed E-state index contributed by atoms with van der Waals surface area (Å²) in [6.07, 6.45) is 0.819. The second-order valence-electron chi connectivity index (χ2n) is 9.97. The van der Waals surface area contributed by atoms with E-state index in [2.05, 4.69) is 16.8 Å². The quantitative estimate of drug-likeness (QED) is 0.517. The number of likely N-dealkylation sites (N-methyl/N-ethyl adjacent to an activating group) is 1. The van der Waals surface area contributed by atoms with Crippen LogP contribution in [0.2, 0.25) is 0 Å². The molecule has 5 rings (SSSR count). The maximum Gasteiger partial charge on any atom is 0.253 e. The van der Waals surface area contributed by atoms with Crippen molar-refractivity contribution < 1.29 is 22.8 Å². The second kappa shape index (κ2) is 9.88. The molecule has 190 valence electrons. The number of carbonyl (C=O) groups excluding carboxylic acids is 3. The highest BCUT2D eigenvalue weighted by Crippen LogP contribution is 2.29. The van der Waals surface area contributed by atoms with Gasteiger partial charge in [0.2, 0.25) is 0 Å². The zero-order valence-corrected chi connectivity index (χ0v) is 21.3. The van der Waals surface area contributed by atoms with Crippen LogP contribution in [-0.4, -0.2) is 104 Å². The number of likely N-dealkylation sites (tertiary alicyclic amines) is 1. The number of benzene rings is 2. The summed E-state index contributed by atoms with van der Waals surface area (Å²) in [4.78, 5) is 45.1. The van der Waals surface area contributed by atoms with Gasteiger partial charge < -0.3 is 9.80 Å². The summed E-state index contributed by atoms with van der Waals surface area (Å²) in [6, 6.07) is 11.3. The molecular weight excluding hydrogens is 478 g/mol. The summed E-state index contributed by atoms with van der Waals surface area (Å²) >= 11 is 0. The van der Waals surface area contributed by atoms with Crippen LogP contribution in [-0.2, 0) is 9.84 Å². The Kier molecular flexibility index (Phi) is 6.80. The molecule has 2 saturated heterocycles. The van der Waals surface area contributed by atoms with Gasteiger partial charge in [-0.25, -0.2) is 8.42 Å². The number of rotatable bonds is 5. The van der Waals surface area contributed by atoms with Crippen LogP contribution in [0.1, 0.15) is 55.0 Å². The highest BCUT2D eigenvalue weighted by atomic mass is 32.2. The SMILES string of the molecule is CN1CCN(CCS(=O)(=O)C2CCN(C(=O)c3ccc4c(c3)C(=O)c3ccccc3C4=O)CC2)CC1. The van der Waals surface area contributed by atoms with E-state index < -0.39 is 15.1 Å². The van der Waals surface area contributed by atoms with Crippen LogP contribution in [0.5, 0.6) is 0 Å². The van der Waals surface area contributed by atoms with E-state index in [1.807, 2.05) is 0 Å². The molecule has 2 heterocycles. The van der Waals surface area contributed by atoms with Crippen LogP contribution < -0.4 is 0 Å². The molecule has 0 bridgehead atoms. The van der Waals surface area contributed by atoms with Gasteiger partial charge in [0.15, 0.2) is 21.4 Å². The fourth-order valence-corrected chi connectivity index (χ4v) is 7.10. The predicted octanol–water partition coefficient (Wildman–Crippen LogP) is 1.73. The van der Waals surface area contributed by atoms with Gasteiger partial charge in [-0.2, -0.15) is 0 Å². The van der Waals surface area contributed by atoms with Crippen molar-refractivity contribution in [3.63, 3.8) is 0 Å². The Morgan fingerprint density at radius 2 is 1.42 bits per heavy atom. The first kappa shape index (κ1) is 24.8. The van der Waals surface area contributed by atoms with Crippen LogP contribution in [0.15, 0.2) is 42.5 Å². The molecule has 0 radical (unpaired) electrons. The lowest BCUT2D eigenvalue weighted by Crippen LogP contribution is -2.47. The Morgan fingerprint density at radius 3 is 2.06 bits per heavy atom. The number of carbonyl (C=O) groups is 3. The largest absolute Gasteiger partial charge is 0.339 e. The Bertz CT molecular complexity index is 1310. The van der Waals surface area contributed by atoms with Crippen LogP contribution >= 0.6 is 0 Å². The van der Waals surface area contributed by atoms with Gasteiger partial charge in [0.25, 0.3) is 5.91 Å². The molecule has 0 atom stereocenters. The number of hydrogen-bond donors (Lipinski definition) is 0. The van der Waals surface area contributed by atoms with Crippen molar-refractivity contribution in [2.75, 3.05) is 58.6 Å². The Hall–Kier alpha value is -2.88. The molecule has 0 saturated carbocycles. The minimum atomic E-state index is -3.24. The molecule has 2 aromatic rings. The Morgan fingerprint density at radius 1 is 0.833 bits per heavy atom. The van der Waals surface area contributed by atoms with Gasteiger partial charge >= 0.3 is 0 Å². The lowest BCUT2D eigenvalue weighted by molar-refractivity contribution is 0.0725. The van der Waals surface area contributed by atoms with Crippen molar-refractivity contribution in [2.45, 2.75) is 18.1 Å². The van der Waals surface area contributed by atoms with Crippen molar-refractivity contribution in [3.8, 4) is 0 Å². The summed E-state index contributed by atoms with van der Waals surface area (Å²) in [5.41, 5.74) is 1.61. The molecule has 9 heteroatoms. The minimum Gasteiger partial charge on any atom is -0.339 e. The molecule has 2 aliphatic heterocycles. The molecular formula is C27H31N3O5S. The van der Waals surface area contributed by atoms with Crippen molar-refractivity contribution in [1.29, 1.82) is 0 Å². The summed E-state index contributed by atoms with van der Waals surface area (Å²) in [5, 5.41) is -0.437. The molecule has 0 aromatic heterocycles. The molecule has 0 N–H and O–H groups in total. The first-order valence-electron chi connectivity index (χ1n) is 12.5. The van der Waals surface area contributed by atoms with Gasteiger partial charge in [-0.15, -0.1) is 0 Å². The molecule has 0 spiro atoms. The third kappa shape index (κ3) is 4.75. The summed E-state index contributed by atoms with van der Waals surface area (Å²) in [6.45, 7) is 4.94. The summed E-state index contributed by atoms with van der Waals surface area (Å²) in [7, 11) is -1.17. The second-order valence-corrected chi connectivity index (χ2v) is 12.4. The molecule has 2 aromatic carbocycles. The lowest BCUT2D eigenvalue weighted by atomic mass is 9.83. The Labute approximate surface area is 211 Å². The van der Waals surface area contributed by atoms with Crippen molar-refractivity contribution >= 4 is 27.3 Å². The number of piperidine rings is 1. The van der Waals surface area contributed by atoms with E-state index in [-0.39, 0.29) is 28.8 Å². The number of piperazine rings is 1. The van der Waals surface area contributed by atoms with Crippen LogP contribution in [0, 0.1) is 0 Å². The van der Waals surface area contributed by atoms with Gasteiger partial charge in [-0.05, 0) is 38.1 Å². The van der Waals surface area contributed by atoms with E-state index in [9.17, 15) is 22.8 Å². The van der Waals surface area contributed by atoms with E-state index in [1.165, 1.54) is 6.07 Å². The predicted molar refractivity (Wildman–Crippen MR) is 136 cm³/mol. The number of hydrogen-bond acceptors (Lipinski definition) is 7. The topological polar surface area (TPSA) is 95.1 Å². The van der Waals surface area contributed by atoms with Crippen molar-refractivity contribution in [1.82, 2.24) is 14.7 Å². The maximum absolute atomic E-state index is 13.2. The van der Waals surface area contributed by atoms with Crippen molar-refractivity contribution in [2.24, 2.45) is 0 Å². The van der Waals surface area contributed by atoms with Gasteiger partial charge in [0, 0.05) is 73.6 Å². The first-order chi connectivity index (χ1) is 17.2. The zero-order valence-electron chi connectivity index (χ0n) is 20.5. The molecule has 1 aliphatic carbocycles. The number of fused-ring (bicyclic) bond motifs is 2. The fourth-order valence-electron chi connectivity index (χ4n) is 5.33. The number of amides is 1. The molecule has 8 nitrogen and oxygen atoms in total. The average molecular weight is 510 g/mol. The lowest BCUT2D eigenvalue weighted by Gasteiger charge is -2.34. The standard InChI is InChI=1S/C27H31N3O5S/c1-28-12-14-29(15-13-28)16-17-36(34,35)20-8-10-30(11-9-20)27(33)19-6-7-23-24(18-19)26(32)22-5-3-2-4-21(22)25(23)31/h2-7,18,20H,8-17H2,1H3. The van der Waals surface area contributed by atoms with Crippen molar-refractivity contribution in [3.05, 3.63) is 70.3 Å². The highest BCUT2D eigenvalue weighted by Gasteiger charge is 2.34. The molecule has 36 heavy (non-hydrogen) atoms. The molecule has 1 amide bonds. The normalized spacial score (nSPS) is 19.8. The molecule has 3 aliphatic rings. The summed E-state index contributed by atoms with van der Waals surface area (Å²) in [5.74, 6) is -0.579. The smallest absolute Gasteiger partial charge is 0.253 e. The van der Waals surface area contributed by atoms with Crippen LogP contribution in [0.25, 0.3) is 0 Å². The van der Waals surface area contributed by atoms with Gasteiger partial charge in [-0.1, -0.05) is 24.3 Å².